The van der Waals surface area contributed by atoms with Crippen LogP contribution in [0.2, 0.25) is 0 Å². The summed E-state index contributed by atoms with van der Waals surface area (Å²) < 4.78 is 0. The van der Waals surface area contributed by atoms with Gasteiger partial charge in [-0.05, 0) is 12.8 Å². The first kappa shape index (κ1) is 24.1. The highest BCUT2D eigenvalue weighted by Crippen LogP contribution is 2.13. The summed E-state index contributed by atoms with van der Waals surface area (Å²) in [4.78, 5) is 13.1. The molecule has 0 bridgehead atoms. The SMILES string of the molecule is CCCCCCCCCN(CCCCCCCCC)C(=O)C(Cl)Cl. The minimum Gasteiger partial charge on any atom is -0.340 e. The van der Waals surface area contributed by atoms with Crippen molar-refractivity contribution in [2.75, 3.05) is 13.1 Å². The molecule has 0 aromatic heterocycles. The van der Waals surface area contributed by atoms with Crippen LogP contribution in [-0.4, -0.2) is 28.7 Å². The van der Waals surface area contributed by atoms with E-state index in [0.717, 1.165) is 25.9 Å². The van der Waals surface area contributed by atoms with Crippen LogP contribution in [0, 0.1) is 0 Å². The first-order chi connectivity index (χ1) is 11.6. The molecular weight excluding hydrogens is 341 g/mol. The van der Waals surface area contributed by atoms with E-state index in [-0.39, 0.29) is 5.91 Å². The predicted octanol–water partition coefficient (Wildman–Crippen LogP) is 7.12. The second-order valence-corrected chi connectivity index (χ2v) is 7.96. The summed E-state index contributed by atoms with van der Waals surface area (Å²) in [5, 5.41) is 0. The molecule has 0 aliphatic rings. The first-order valence-electron chi connectivity index (χ1n) is 10.2. The Kier molecular flexibility index (Phi) is 17.9. The summed E-state index contributed by atoms with van der Waals surface area (Å²) in [5.74, 6) is -0.115. The summed E-state index contributed by atoms with van der Waals surface area (Å²) >= 11 is 11.6. The predicted molar refractivity (Wildman–Crippen MR) is 108 cm³/mol. The zero-order chi connectivity index (χ0) is 18.0. The molecule has 0 N–H and O–H groups in total. The number of nitrogens with zero attached hydrogens (tertiary/aromatic N) is 1. The smallest absolute Gasteiger partial charge is 0.255 e. The van der Waals surface area contributed by atoms with Gasteiger partial charge in [0.2, 0.25) is 0 Å². The normalized spacial score (nSPS) is 11.2. The molecule has 0 aliphatic heterocycles. The van der Waals surface area contributed by atoms with E-state index in [0.29, 0.717) is 0 Å². The van der Waals surface area contributed by atoms with Gasteiger partial charge in [-0.2, -0.15) is 0 Å². The first-order valence-corrected chi connectivity index (χ1v) is 11.1. The van der Waals surface area contributed by atoms with Crippen molar-refractivity contribution < 1.29 is 4.79 Å². The molecule has 4 heteroatoms. The molecule has 0 atom stereocenters. The lowest BCUT2D eigenvalue weighted by Crippen LogP contribution is -2.36. The molecule has 0 heterocycles. The van der Waals surface area contributed by atoms with Gasteiger partial charge >= 0.3 is 0 Å². The van der Waals surface area contributed by atoms with Crippen molar-refractivity contribution in [3.8, 4) is 0 Å². The summed E-state index contributed by atoms with van der Waals surface area (Å²) in [6.07, 6.45) is 17.6. The van der Waals surface area contributed by atoms with Crippen LogP contribution < -0.4 is 0 Å². The van der Waals surface area contributed by atoms with E-state index in [4.69, 9.17) is 23.2 Å². The number of unbranched alkanes of at least 4 members (excludes halogenated alkanes) is 12. The maximum atomic E-state index is 12.1. The fourth-order valence-electron chi connectivity index (χ4n) is 2.99. The highest BCUT2D eigenvalue weighted by molar-refractivity contribution is 6.53. The Morgan fingerprint density at radius 2 is 1.00 bits per heavy atom. The number of carbonyl (C=O) groups is 1. The third-order valence-corrected chi connectivity index (χ3v) is 4.93. The fraction of sp³-hybridized carbons (Fsp3) is 0.950. The van der Waals surface area contributed by atoms with Crippen LogP contribution in [0.1, 0.15) is 104 Å². The van der Waals surface area contributed by atoms with Crippen molar-refractivity contribution in [1.29, 1.82) is 0 Å². The Hall–Kier alpha value is 0.0500. The van der Waals surface area contributed by atoms with E-state index in [1.807, 2.05) is 4.90 Å². The van der Waals surface area contributed by atoms with Crippen LogP contribution in [0.3, 0.4) is 0 Å². The van der Waals surface area contributed by atoms with Gasteiger partial charge in [0.25, 0.3) is 5.91 Å². The van der Waals surface area contributed by atoms with E-state index in [1.165, 1.54) is 77.0 Å². The van der Waals surface area contributed by atoms with Gasteiger partial charge in [-0.15, -0.1) is 0 Å². The monoisotopic (exact) mass is 379 g/mol. The number of hydrogen-bond donors (Lipinski definition) is 0. The van der Waals surface area contributed by atoms with Gasteiger partial charge in [0.05, 0.1) is 0 Å². The second kappa shape index (κ2) is 17.9. The highest BCUT2D eigenvalue weighted by Gasteiger charge is 2.19. The van der Waals surface area contributed by atoms with Crippen molar-refractivity contribution >= 4 is 29.1 Å². The largest absolute Gasteiger partial charge is 0.340 e. The van der Waals surface area contributed by atoms with Gasteiger partial charge in [-0.1, -0.05) is 114 Å². The molecule has 0 aromatic carbocycles. The van der Waals surface area contributed by atoms with Gasteiger partial charge in [-0.3, -0.25) is 4.79 Å². The molecule has 0 radical (unpaired) electrons. The van der Waals surface area contributed by atoms with Gasteiger partial charge in [-0.25, -0.2) is 0 Å². The van der Waals surface area contributed by atoms with Crippen LogP contribution in [0.5, 0.6) is 0 Å². The molecule has 0 fully saturated rings. The minimum absolute atomic E-state index is 0.115. The Labute approximate surface area is 160 Å². The molecule has 1 amide bonds. The highest BCUT2D eigenvalue weighted by atomic mass is 35.5. The van der Waals surface area contributed by atoms with Crippen molar-refractivity contribution in [2.24, 2.45) is 0 Å². The lowest BCUT2D eigenvalue weighted by Gasteiger charge is -2.23. The number of rotatable bonds is 17. The topological polar surface area (TPSA) is 20.3 Å². The lowest BCUT2D eigenvalue weighted by molar-refractivity contribution is -0.129. The lowest BCUT2D eigenvalue weighted by atomic mass is 10.1. The maximum absolute atomic E-state index is 12.1. The van der Waals surface area contributed by atoms with E-state index in [2.05, 4.69) is 13.8 Å². The fourth-order valence-corrected chi connectivity index (χ4v) is 3.27. The van der Waals surface area contributed by atoms with E-state index >= 15 is 0 Å². The van der Waals surface area contributed by atoms with Crippen LogP contribution in [0.4, 0.5) is 0 Å². The van der Waals surface area contributed by atoms with Crippen LogP contribution in [0.25, 0.3) is 0 Å². The average Bonchev–Trinajstić information content (AvgIpc) is 2.57. The molecular formula is C20H39Cl2NO. The molecule has 0 saturated carbocycles. The summed E-state index contributed by atoms with van der Waals surface area (Å²) in [6, 6.07) is 0. The molecule has 0 aromatic rings. The van der Waals surface area contributed by atoms with Gasteiger partial charge in [0.1, 0.15) is 0 Å². The second-order valence-electron chi connectivity index (χ2n) is 6.87. The summed E-state index contributed by atoms with van der Waals surface area (Å²) in [5.41, 5.74) is 0. The third-order valence-electron chi connectivity index (χ3n) is 4.56. The zero-order valence-electron chi connectivity index (χ0n) is 16.0. The molecule has 0 aliphatic carbocycles. The van der Waals surface area contributed by atoms with Gasteiger partial charge in [0.15, 0.2) is 4.84 Å². The van der Waals surface area contributed by atoms with Gasteiger partial charge in [0, 0.05) is 13.1 Å². The molecule has 144 valence electrons. The summed E-state index contributed by atoms with van der Waals surface area (Å²) in [6.45, 7) is 6.08. The van der Waals surface area contributed by atoms with Crippen molar-refractivity contribution in [3.63, 3.8) is 0 Å². The average molecular weight is 380 g/mol. The number of halogens is 2. The molecule has 2 nitrogen and oxygen atoms in total. The van der Waals surface area contributed by atoms with Gasteiger partial charge < -0.3 is 4.90 Å². The molecule has 0 unspecified atom stereocenters. The maximum Gasteiger partial charge on any atom is 0.255 e. The Bertz CT molecular complexity index is 267. The molecule has 0 spiro atoms. The Balaban J connectivity index is 3.84. The Morgan fingerprint density at radius 3 is 1.33 bits per heavy atom. The van der Waals surface area contributed by atoms with Crippen molar-refractivity contribution in [3.05, 3.63) is 0 Å². The van der Waals surface area contributed by atoms with Crippen LogP contribution in [0.15, 0.2) is 0 Å². The quantitative estimate of drug-likeness (QED) is 0.194. The molecule has 0 saturated heterocycles. The third kappa shape index (κ3) is 14.4. The minimum atomic E-state index is -0.917. The van der Waals surface area contributed by atoms with Crippen molar-refractivity contribution in [2.45, 2.75) is 109 Å². The Morgan fingerprint density at radius 1 is 0.667 bits per heavy atom. The number of hydrogen-bond acceptors (Lipinski definition) is 1. The standard InChI is InChI=1S/C20H39Cl2NO/c1-3-5-7-9-11-13-15-17-23(20(24)19(21)22)18-16-14-12-10-8-6-4-2/h19H,3-18H2,1-2H3. The zero-order valence-corrected chi connectivity index (χ0v) is 17.5. The molecule has 24 heavy (non-hydrogen) atoms. The van der Waals surface area contributed by atoms with Crippen LogP contribution in [-0.2, 0) is 4.79 Å². The van der Waals surface area contributed by atoms with E-state index < -0.39 is 4.84 Å². The van der Waals surface area contributed by atoms with E-state index in [9.17, 15) is 4.79 Å². The number of carbonyl (C=O) groups excluding carboxylic acids is 1. The summed E-state index contributed by atoms with van der Waals surface area (Å²) in [7, 11) is 0. The number of amides is 1. The number of alkyl halides is 2. The van der Waals surface area contributed by atoms with Crippen LogP contribution >= 0.6 is 23.2 Å². The van der Waals surface area contributed by atoms with Crippen molar-refractivity contribution in [1.82, 2.24) is 4.90 Å². The van der Waals surface area contributed by atoms with E-state index in [1.54, 1.807) is 0 Å². The molecule has 0 rings (SSSR count).